The second-order valence-electron chi connectivity index (χ2n) is 13.2. The standard InChI is InChI=1S/C35H42ClN5O4/c1-21-13-23-14-22(2)17-35(16-21,18-23)34(45)41-31(15-24-20-38-29-6-4-3-5-28(24)29)33(44)40-30(12-11-27(42)19-37)32(43)39-26-9-7-25(36)8-10-26/h3-10,19-23,30-31,37-38H,11-18H2,1-2H3,(H,39,43)(H,40,44)(H,41,45)/t21?,22?,23?,30-,31-,35?/m0/s1. The van der Waals surface area contributed by atoms with Crippen LogP contribution in [0.25, 0.3) is 10.9 Å². The number of carbonyl (C=O) groups excluding carboxylic acids is 4. The van der Waals surface area contributed by atoms with Crippen LogP contribution in [-0.2, 0) is 25.6 Å². The minimum Gasteiger partial charge on any atom is -0.361 e. The third kappa shape index (κ3) is 7.82. The van der Waals surface area contributed by atoms with Crippen molar-refractivity contribution < 1.29 is 19.2 Å². The Kier molecular flexibility index (Phi) is 10.1. The summed E-state index contributed by atoms with van der Waals surface area (Å²) < 4.78 is 0. The van der Waals surface area contributed by atoms with E-state index in [0.29, 0.717) is 34.7 Å². The van der Waals surface area contributed by atoms with Crippen molar-refractivity contribution in [2.45, 2.75) is 77.3 Å². The van der Waals surface area contributed by atoms with Gasteiger partial charge in [0.05, 0.1) is 6.21 Å². The Morgan fingerprint density at radius 1 is 0.956 bits per heavy atom. The Hall–Kier alpha value is -3.98. The topological polar surface area (TPSA) is 144 Å². The van der Waals surface area contributed by atoms with Gasteiger partial charge in [-0.15, -0.1) is 0 Å². The maximum absolute atomic E-state index is 14.2. The molecule has 1 aromatic heterocycles. The molecule has 2 aliphatic rings. The predicted octanol–water partition coefficient (Wildman–Crippen LogP) is 5.82. The van der Waals surface area contributed by atoms with Crippen LogP contribution in [0.5, 0.6) is 0 Å². The maximum atomic E-state index is 14.2. The number of para-hydroxylation sites is 1. The second-order valence-corrected chi connectivity index (χ2v) is 13.7. The minimum absolute atomic E-state index is 0.00618. The van der Waals surface area contributed by atoms with E-state index in [4.69, 9.17) is 17.0 Å². The first-order chi connectivity index (χ1) is 21.5. The number of hydrogen-bond acceptors (Lipinski definition) is 5. The molecule has 9 nitrogen and oxygen atoms in total. The molecular weight excluding hydrogens is 590 g/mol. The molecule has 5 N–H and O–H groups in total. The highest BCUT2D eigenvalue weighted by atomic mass is 35.5. The number of benzene rings is 2. The molecule has 2 bridgehead atoms. The number of hydrogen-bond donors (Lipinski definition) is 5. The quantitative estimate of drug-likeness (QED) is 0.160. The number of halogens is 1. The lowest BCUT2D eigenvalue weighted by Gasteiger charge is -2.49. The summed E-state index contributed by atoms with van der Waals surface area (Å²) in [6.07, 6.45) is 7.33. The number of fused-ring (bicyclic) bond motifs is 3. The summed E-state index contributed by atoms with van der Waals surface area (Å²) in [5.41, 5.74) is 1.75. The first kappa shape index (κ1) is 32.4. The molecule has 2 unspecified atom stereocenters. The van der Waals surface area contributed by atoms with Crippen molar-refractivity contribution in [2.75, 3.05) is 5.32 Å². The largest absolute Gasteiger partial charge is 0.361 e. The molecule has 1 heterocycles. The van der Waals surface area contributed by atoms with Crippen LogP contribution < -0.4 is 16.0 Å². The van der Waals surface area contributed by atoms with Crippen molar-refractivity contribution in [3.63, 3.8) is 0 Å². The Bertz CT molecular complexity index is 1550. The van der Waals surface area contributed by atoms with E-state index in [9.17, 15) is 19.2 Å². The number of H-pyrrole nitrogens is 1. The number of aromatic amines is 1. The van der Waals surface area contributed by atoms with Gasteiger partial charge in [0.2, 0.25) is 17.7 Å². The zero-order valence-corrected chi connectivity index (χ0v) is 26.6. The third-order valence-corrected chi connectivity index (χ3v) is 9.67. The van der Waals surface area contributed by atoms with E-state index in [1.165, 1.54) is 0 Å². The summed E-state index contributed by atoms with van der Waals surface area (Å²) in [7, 11) is 0. The zero-order chi connectivity index (χ0) is 32.1. The lowest BCUT2D eigenvalue weighted by Crippen LogP contribution is -2.57. The number of ketones is 1. The van der Waals surface area contributed by atoms with E-state index >= 15 is 0 Å². The highest BCUT2D eigenvalue weighted by Gasteiger charge is 2.49. The number of rotatable bonds is 12. The average Bonchev–Trinajstić information content (AvgIpc) is 3.41. The first-order valence-electron chi connectivity index (χ1n) is 15.8. The summed E-state index contributed by atoms with van der Waals surface area (Å²) >= 11 is 5.99. The smallest absolute Gasteiger partial charge is 0.246 e. The number of anilines is 1. The number of carbonyl (C=O) groups is 4. The Balaban J connectivity index is 1.40. The number of amides is 3. The van der Waals surface area contributed by atoms with Crippen LogP contribution in [0.15, 0.2) is 54.7 Å². The Labute approximate surface area is 268 Å². The van der Waals surface area contributed by atoms with E-state index in [2.05, 4.69) is 34.8 Å². The van der Waals surface area contributed by atoms with Crippen molar-refractivity contribution in [1.82, 2.24) is 15.6 Å². The molecule has 2 aliphatic carbocycles. The van der Waals surface area contributed by atoms with E-state index in [1.807, 2.05) is 30.5 Å². The summed E-state index contributed by atoms with van der Waals surface area (Å²) in [5, 5.41) is 17.5. The Morgan fingerprint density at radius 3 is 2.33 bits per heavy atom. The minimum atomic E-state index is -1.08. The average molecular weight is 632 g/mol. The normalized spacial score (nSPS) is 23.8. The van der Waals surface area contributed by atoms with Gasteiger partial charge < -0.3 is 26.3 Å². The van der Waals surface area contributed by atoms with Crippen LogP contribution in [0.1, 0.15) is 64.4 Å². The molecule has 2 fully saturated rings. The second kappa shape index (κ2) is 14.0. The molecule has 0 saturated heterocycles. The number of aromatic nitrogens is 1. The van der Waals surface area contributed by atoms with Gasteiger partial charge in [-0.05, 0) is 92.2 Å². The lowest BCUT2D eigenvalue weighted by atomic mass is 9.56. The van der Waals surface area contributed by atoms with Gasteiger partial charge >= 0.3 is 0 Å². The van der Waals surface area contributed by atoms with Crippen LogP contribution in [-0.4, -0.2) is 46.8 Å². The fourth-order valence-corrected chi connectivity index (χ4v) is 7.81. The molecular formula is C35H42ClN5O4. The van der Waals surface area contributed by atoms with Gasteiger partial charge in [-0.1, -0.05) is 43.6 Å². The number of Topliss-reactive ketones (excluding diaryl/α,β-unsaturated/α-hetero) is 1. The van der Waals surface area contributed by atoms with Crippen molar-refractivity contribution in [2.24, 2.45) is 23.2 Å². The molecule has 10 heteroatoms. The molecule has 3 amide bonds. The Morgan fingerprint density at radius 2 is 1.64 bits per heavy atom. The molecule has 4 atom stereocenters. The lowest BCUT2D eigenvalue weighted by molar-refractivity contribution is -0.142. The van der Waals surface area contributed by atoms with Crippen LogP contribution in [0.4, 0.5) is 5.69 Å². The van der Waals surface area contributed by atoms with Gasteiger partial charge in [0.1, 0.15) is 12.1 Å². The molecule has 5 rings (SSSR count). The van der Waals surface area contributed by atoms with E-state index in [-0.39, 0.29) is 25.2 Å². The summed E-state index contributed by atoms with van der Waals surface area (Å²) in [4.78, 5) is 57.0. The molecule has 0 spiro atoms. The SMILES string of the molecule is CC1CC2CC(C)CC(C(=O)N[C@@H](Cc3c[nH]c4ccccc34)C(=O)N[C@@H](CCC(=O)C=N)C(=O)Nc3ccc(Cl)cc3)(C1)C2. The molecule has 2 aromatic carbocycles. The van der Waals surface area contributed by atoms with Gasteiger partial charge in [0.15, 0.2) is 5.78 Å². The van der Waals surface area contributed by atoms with Crippen molar-refractivity contribution in [3.05, 3.63) is 65.3 Å². The fourth-order valence-electron chi connectivity index (χ4n) is 7.69. The van der Waals surface area contributed by atoms with Crippen LogP contribution in [0, 0.1) is 28.6 Å². The van der Waals surface area contributed by atoms with Gasteiger partial charge in [-0.25, -0.2) is 0 Å². The van der Waals surface area contributed by atoms with E-state index in [1.54, 1.807) is 24.3 Å². The van der Waals surface area contributed by atoms with Crippen LogP contribution in [0.2, 0.25) is 5.02 Å². The van der Waals surface area contributed by atoms with Gasteiger partial charge in [0.25, 0.3) is 0 Å². The van der Waals surface area contributed by atoms with Crippen molar-refractivity contribution in [1.29, 1.82) is 5.41 Å². The number of nitrogens with one attached hydrogen (secondary N) is 5. The van der Waals surface area contributed by atoms with Gasteiger partial charge in [-0.2, -0.15) is 0 Å². The fraction of sp³-hybridized carbons (Fsp3) is 0.457. The maximum Gasteiger partial charge on any atom is 0.246 e. The van der Waals surface area contributed by atoms with Gasteiger partial charge in [-0.3, -0.25) is 19.2 Å². The van der Waals surface area contributed by atoms with Crippen LogP contribution in [0.3, 0.4) is 0 Å². The van der Waals surface area contributed by atoms with Gasteiger partial charge in [0, 0.05) is 46.1 Å². The van der Waals surface area contributed by atoms with Crippen molar-refractivity contribution in [3.8, 4) is 0 Å². The molecule has 0 aliphatic heterocycles. The predicted molar refractivity (Wildman–Crippen MR) is 176 cm³/mol. The van der Waals surface area contributed by atoms with Crippen molar-refractivity contribution >= 4 is 57.9 Å². The highest BCUT2D eigenvalue weighted by Crippen LogP contribution is 2.53. The first-order valence-corrected chi connectivity index (χ1v) is 16.2. The van der Waals surface area contributed by atoms with E-state index in [0.717, 1.165) is 48.6 Å². The summed E-state index contributed by atoms with van der Waals surface area (Å²) in [6.45, 7) is 4.42. The molecule has 45 heavy (non-hydrogen) atoms. The van der Waals surface area contributed by atoms with Crippen LogP contribution >= 0.6 is 11.6 Å². The molecule has 2 saturated carbocycles. The third-order valence-electron chi connectivity index (χ3n) is 9.42. The summed E-state index contributed by atoms with van der Waals surface area (Å²) in [6, 6.07) is 12.3. The molecule has 238 valence electrons. The van der Waals surface area contributed by atoms with E-state index < -0.39 is 35.1 Å². The molecule has 0 radical (unpaired) electrons. The molecule has 3 aromatic rings. The summed E-state index contributed by atoms with van der Waals surface area (Å²) in [5.74, 6) is -0.227. The monoisotopic (exact) mass is 631 g/mol. The highest BCUT2D eigenvalue weighted by molar-refractivity contribution is 6.30. The zero-order valence-electron chi connectivity index (χ0n) is 25.8.